The molecule has 0 radical (unpaired) electrons. The van der Waals surface area contributed by atoms with Crippen molar-refractivity contribution in [3.63, 3.8) is 0 Å². The second kappa shape index (κ2) is 5.05. The normalized spacial score (nSPS) is 10.4. The molecule has 1 heterocycles. The van der Waals surface area contributed by atoms with Crippen molar-refractivity contribution in [2.24, 2.45) is 0 Å². The number of rotatable bonds is 3. The SMILES string of the molecule is CCNc1nccn1-c1ccc(I)cc1Cl. The van der Waals surface area contributed by atoms with Crippen LogP contribution >= 0.6 is 34.2 Å². The second-order valence-electron chi connectivity index (χ2n) is 3.25. The molecule has 2 aromatic rings. The summed E-state index contributed by atoms with van der Waals surface area (Å²) in [6.45, 7) is 2.87. The summed E-state index contributed by atoms with van der Waals surface area (Å²) in [4.78, 5) is 4.24. The standard InChI is InChI=1S/C11H11ClIN3/c1-2-14-11-15-5-6-16(11)10-4-3-8(13)7-9(10)12/h3-7H,2H2,1H3,(H,14,15). The lowest BCUT2D eigenvalue weighted by molar-refractivity contribution is 1.02. The third-order valence-corrected chi connectivity index (χ3v) is 3.12. The number of imidazole rings is 1. The van der Waals surface area contributed by atoms with Crippen molar-refractivity contribution >= 4 is 40.1 Å². The molecule has 84 valence electrons. The first-order valence-electron chi connectivity index (χ1n) is 4.95. The fourth-order valence-corrected chi connectivity index (χ4v) is 2.41. The molecule has 0 atom stereocenters. The van der Waals surface area contributed by atoms with Crippen molar-refractivity contribution in [2.75, 3.05) is 11.9 Å². The van der Waals surface area contributed by atoms with Crippen molar-refractivity contribution in [1.29, 1.82) is 0 Å². The first-order valence-corrected chi connectivity index (χ1v) is 6.40. The first-order chi connectivity index (χ1) is 7.72. The van der Waals surface area contributed by atoms with Crippen LogP contribution in [0.2, 0.25) is 5.02 Å². The Morgan fingerprint density at radius 1 is 1.50 bits per heavy atom. The average Bonchev–Trinajstić information content (AvgIpc) is 2.67. The van der Waals surface area contributed by atoms with E-state index in [4.69, 9.17) is 11.6 Å². The van der Waals surface area contributed by atoms with Crippen LogP contribution in [0.4, 0.5) is 5.95 Å². The zero-order chi connectivity index (χ0) is 11.5. The Balaban J connectivity index is 2.46. The molecule has 0 unspecified atom stereocenters. The minimum atomic E-state index is 0.726. The number of nitrogens with one attached hydrogen (secondary N) is 1. The van der Waals surface area contributed by atoms with Crippen LogP contribution in [-0.4, -0.2) is 16.1 Å². The largest absolute Gasteiger partial charge is 0.356 e. The second-order valence-corrected chi connectivity index (χ2v) is 4.90. The summed E-state index contributed by atoms with van der Waals surface area (Å²) in [5.74, 6) is 0.811. The average molecular weight is 348 g/mol. The molecule has 0 aliphatic heterocycles. The molecule has 0 amide bonds. The van der Waals surface area contributed by atoms with Crippen LogP contribution in [-0.2, 0) is 0 Å². The van der Waals surface area contributed by atoms with E-state index >= 15 is 0 Å². The van der Waals surface area contributed by atoms with Crippen LogP contribution in [0, 0.1) is 3.57 Å². The highest BCUT2D eigenvalue weighted by molar-refractivity contribution is 14.1. The van der Waals surface area contributed by atoms with E-state index in [-0.39, 0.29) is 0 Å². The summed E-state index contributed by atoms with van der Waals surface area (Å²) in [6.07, 6.45) is 3.65. The van der Waals surface area contributed by atoms with Crippen molar-refractivity contribution in [3.8, 4) is 5.69 Å². The minimum absolute atomic E-state index is 0.726. The van der Waals surface area contributed by atoms with Gasteiger partial charge in [-0.3, -0.25) is 4.57 Å². The van der Waals surface area contributed by atoms with Gasteiger partial charge >= 0.3 is 0 Å². The number of aromatic nitrogens is 2. The molecule has 0 aliphatic rings. The van der Waals surface area contributed by atoms with Gasteiger partial charge in [-0.2, -0.15) is 0 Å². The number of halogens is 2. The van der Waals surface area contributed by atoms with Gasteiger partial charge in [-0.25, -0.2) is 4.98 Å². The maximum atomic E-state index is 6.21. The Morgan fingerprint density at radius 3 is 3.00 bits per heavy atom. The van der Waals surface area contributed by atoms with Crippen LogP contribution in [0.25, 0.3) is 5.69 Å². The van der Waals surface area contributed by atoms with E-state index in [1.54, 1.807) is 6.20 Å². The Morgan fingerprint density at radius 2 is 2.31 bits per heavy atom. The number of hydrogen-bond acceptors (Lipinski definition) is 2. The highest BCUT2D eigenvalue weighted by Crippen LogP contribution is 2.25. The number of anilines is 1. The summed E-state index contributed by atoms with van der Waals surface area (Å²) in [7, 11) is 0. The Kier molecular flexibility index (Phi) is 3.70. The topological polar surface area (TPSA) is 29.9 Å². The van der Waals surface area contributed by atoms with Gasteiger partial charge in [0.25, 0.3) is 0 Å². The van der Waals surface area contributed by atoms with E-state index < -0.39 is 0 Å². The molecule has 1 N–H and O–H groups in total. The van der Waals surface area contributed by atoms with E-state index in [0.29, 0.717) is 0 Å². The fraction of sp³-hybridized carbons (Fsp3) is 0.182. The molecule has 1 aromatic carbocycles. The molecule has 5 heteroatoms. The lowest BCUT2D eigenvalue weighted by atomic mass is 10.3. The lowest BCUT2D eigenvalue weighted by Crippen LogP contribution is -2.05. The van der Waals surface area contributed by atoms with Gasteiger partial charge in [0, 0.05) is 22.5 Å². The van der Waals surface area contributed by atoms with Gasteiger partial charge in [0.1, 0.15) is 0 Å². The zero-order valence-corrected chi connectivity index (χ0v) is 11.7. The smallest absolute Gasteiger partial charge is 0.207 e. The molecule has 0 spiro atoms. The summed E-state index contributed by atoms with van der Waals surface area (Å²) in [5, 5.41) is 3.91. The van der Waals surface area contributed by atoms with Crippen LogP contribution in [0.5, 0.6) is 0 Å². The number of benzene rings is 1. The van der Waals surface area contributed by atoms with E-state index in [0.717, 1.165) is 26.8 Å². The molecular formula is C11H11ClIN3. The number of hydrogen-bond donors (Lipinski definition) is 1. The third-order valence-electron chi connectivity index (χ3n) is 2.14. The Bertz CT molecular complexity index is 496. The maximum Gasteiger partial charge on any atom is 0.207 e. The lowest BCUT2D eigenvalue weighted by Gasteiger charge is -2.10. The fourth-order valence-electron chi connectivity index (χ4n) is 1.46. The summed E-state index contributed by atoms with van der Waals surface area (Å²) >= 11 is 8.45. The van der Waals surface area contributed by atoms with Gasteiger partial charge in [-0.15, -0.1) is 0 Å². The summed E-state index contributed by atoms with van der Waals surface area (Å²) in [5.41, 5.74) is 0.940. The van der Waals surface area contributed by atoms with Crippen LogP contribution < -0.4 is 5.32 Å². The molecule has 16 heavy (non-hydrogen) atoms. The van der Waals surface area contributed by atoms with E-state index in [2.05, 4.69) is 32.9 Å². The third kappa shape index (κ3) is 2.32. The molecule has 1 aromatic heterocycles. The highest BCUT2D eigenvalue weighted by Gasteiger charge is 2.07. The molecule has 2 rings (SSSR count). The van der Waals surface area contributed by atoms with Crippen molar-refractivity contribution in [3.05, 3.63) is 39.2 Å². The predicted molar refractivity (Wildman–Crippen MR) is 75.5 cm³/mol. The molecule has 0 aliphatic carbocycles. The minimum Gasteiger partial charge on any atom is -0.356 e. The van der Waals surface area contributed by atoms with Crippen LogP contribution in [0.15, 0.2) is 30.6 Å². The Labute approximate surface area is 113 Å². The molecular weight excluding hydrogens is 336 g/mol. The van der Waals surface area contributed by atoms with Gasteiger partial charge in [0.05, 0.1) is 10.7 Å². The van der Waals surface area contributed by atoms with Gasteiger partial charge in [0.15, 0.2) is 0 Å². The van der Waals surface area contributed by atoms with Gasteiger partial charge in [-0.1, -0.05) is 11.6 Å². The molecule has 3 nitrogen and oxygen atoms in total. The zero-order valence-electron chi connectivity index (χ0n) is 8.74. The van der Waals surface area contributed by atoms with Gasteiger partial charge in [0.2, 0.25) is 5.95 Å². The Hall–Kier alpha value is -0.750. The van der Waals surface area contributed by atoms with Crippen molar-refractivity contribution in [2.45, 2.75) is 6.92 Å². The number of nitrogens with zero attached hydrogens (tertiary/aromatic N) is 2. The van der Waals surface area contributed by atoms with Crippen LogP contribution in [0.3, 0.4) is 0 Å². The van der Waals surface area contributed by atoms with E-state index in [9.17, 15) is 0 Å². The maximum absolute atomic E-state index is 6.21. The quantitative estimate of drug-likeness (QED) is 0.860. The first kappa shape index (κ1) is 11.7. The molecule has 0 saturated heterocycles. The highest BCUT2D eigenvalue weighted by atomic mass is 127. The van der Waals surface area contributed by atoms with Crippen molar-refractivity contribution < 1.29 is 0 Å². The summed E-state index contributed by atoms with van der Waals surface area (Å²) in [6, 6.07) is 5.96. The van der Waals surface area contributed by atoms with E-state index in [1.807, 2.05) is 35.9 Å². The molecule has 0 saturated carbocycles. The monoisotopic (exact) mass is 347 g/mol. The van der Waals surface area contributed by atoms with Crippen molar-refractivity contribution in [1.82, 2.24) is 9.55 Å². The molecule has 0 bridgehead atoms. The van der Waals surface area contributed by atoms with Crippen LogP contribution in [0.1, 0.15) is 6.92 Å². The summed E-state index contributed by atoms with van der Waals surface area (Å²) < 4.78 is 3.07. The molecule has 0 fully saturated rings. The van der Waals surface area contributed by atoms with Gasteiger partial charge in [-0.05, 0) is 47.7 Å². The van der Waals surface area contributed by atoms with E-state index in [1.165, 1.54) is 0 Å². The van der Waals surface area contributed by atoms with Gasteiger partial charge < -0.3 is 5.32 Å². The predicted octanol–water partition coefficient (Wildman–Crippen LogP) is 3.56.